The van der Waals surface area contributed by atoms with Crippen molar-refractivity contribution in [3.8, 4) is 0 Å². The molecule has 0 spiro atoms. The smallest absolute Gasteiger partial charge is 0 e. The first kappa shape index (κ1) is 21700. The fourth-order valence-electron chi connectivity index (χ4n) is 0. The summed E-state index contributed by atoms with van der Waals surface area (Å²) in [6, 6.07) is 0. The van der Waals surface area contributed by atoms with Gasteiger partial charge < -0.3 is 6.15 Å². The molecular formula is C3H19N. The minimum atomic E-state index is 0. The van der Waals surface area contributed by atoms with Crippen LogP contribution in [0.4, 0.5) is 0 Å². The van der Waals surface area contributed by atoms with E-state index in [4.69, 9.17) is 0 Å². The van der Waals surface area contributed by atoms with E-state index in [-0.39, 0.29) is 31.3 Å². The Bertz CT molecular complexity index is 8.75. The van der Waals surface area contributed by atoms with E-state index in [2.05, 4.69) is 0 Å². The Hall–Kier alpha value is -0.0400. The minimum absolute atomic E-state index is 0. The zero-order chi connectivity index (χ0) is 0. The molecular weight excluding hydrogens is 50.0 g/mol. The number of hydrogen-bond acceptors (Lipinski definition) is 1. The lowest BCUT2D eigenvalue weighted by atomic mass is 12.0. The highest BCUT2D eigenvalue weighted by Crippen LogP contribution is 0.146. The largest absolute Gasteiger partial charge is 0.344 e. The fraction of sp³-hybridized carbons (Fsp3) is 1.00. The van der Waals surface area contributed by atoms with Crippen molar-refractivity contribution in [1.29, 1.82) is 0 Å². The Kier molecular flexibility index (Phi) is 38500000. The van der Waals surface area contributed by atoms with E-state index < -0.39 is 0 Å². The Balaban J connectivity index is 0. The van der Waals surface area contributed by atoms with Crippen LogP contribution < -0.4 is 6.15 Å². The van der Waals surface area contributed by atoms with Crippen molar-refractivity contribution in [2.45, 2.75) is 22.3 Å². The Morgan fingerprint density at radius 3 is 0.750 bits per heavy atom. The third-order valence-electron chi connectivity index (χ3n) is 0. The van der Waals surface area contributed by atoms with Crippen LogP contribution in [0.5, 0.6) is 0 Å². The van der Waals surface area contributed by atoms with Gasteiger partial charge in [-0.05, 0) is 0 Å². The highest BCUT2D eigenvalue weighted by atomic mass is 14.0. The lowest BCUT2D eigenvalue weighted by Gasteiger charge is -0.344. The maximum absolute atomic E-state index is 0. The van der Waals surface area contributed by atoms with E-state index in [9.17, 15) is 0 Å². The molecule has 3 N–H and O–H groups in total. The maximum atomic E-state index is 0. The van der Waals surface area contributed by atoms with E-state index >= 15 is 0 Å². The predicted octanol–water partition coefficient (Wildman–Crippen LogP) is 2.56. The second-order valence-electron chi connectivity index (χ2n) is 0. The van der Waals surface area contributed by atoms with Crippen LogP contribution in [0.1, 0.15) is 25.1 Å². The van der Waals surface area contributed by atoms with Gasteiger partial charge in [0, 0.05) is 2.85 Å². The molecule has 0 saturated heterocycles. The standard InChI is InChI=1S/3CH4.H3N.2H2/h3*1H4;1H3;2*1H/i;;;;2*1+1. The van der Waals surface area contributed by atoms with Gasteiger partial charge in [-0.3, -0.25) is 0 Å². The van der Waals surface area contributed by atoms with Crippen molar-refractivity contribution < 1.29 is 2.85 Å². The second-order valence-corrected chi connectivity index (χ2v) is 0. The van der Waals surface area contributed by atoms with Crippen LogP contribution in [0.25, 0.3) is 0 Å². The van der Waals surface area contributed by atoms with Crippen LogP contribution in [0, 0.1) is 0 Å². The average molecular weight is 71.2 g/mol. The summed E-state index contributed by atoms with van der Waals surface area (Å²) in [5, 5.41) is 0. The zero-order valence-electron chi connectivity index (χ0n) is 0.707. The summed E-state index contributed by atoms with van der Waals surface area (Å²) in [5.41, 5.74) is 0. The van der Waals surface area contributed by atoms with Crippen molar-refractivity contribution in [3.63, 3.8) is 0 Å². The quantitative estimate of drug-likeness (QED) is 0.468. The van der Waals surface area contributed by atoms with Crippen molar-refractivity contribution in [1.82, 2.24) is 6.15 Å². The van der Waals surface area contributed by atoms with E-state index in [0.717, 1.165) is 0 Å². The SMILES string of the molecule is C.C.C.N.[2HH].[2HH]. The van der Waals surface area contributed by atoms with Gasteiger partial charge in [0.1, 0.15) is 0 Å². The molecule has 0 aromatic heterocycles. The molecule has 0 radical (unpaired) electrons. The van der Waals surface area contributed by atoms with Gasteiger partial charge in [-0.25, -0.2) is 0 Å². The predicted molar refractivity (Wildman–Crippen MR) is 29.4 cm³/mol. The Morgan fingerprint density at radius 1 is 0.750 bits per heavy atom. The molecule has 0 amide bonds. The normalized spacial score (nSPS) is 0. The van der Waals surface area contributed by atoms with Crippen LogP contribution >= 0.6 is 0 Å². The lowest BCUT2D eigenvalue weighted by molar-refractivity contribution is 2.13. The summed E-state index contributed by atoms with van der Waals surface area (Å²) in [6.45, 7) is 0. The van der Waals surface area contributed by atoms with E-state index in [1.807, 2.05) is 0 Å². The third kappa shape index (κ3) is 1130. The Morgan fingerprint density at radius 2 is 0.750 bits per heavy atom. The first-order valence-electron chi connectivity index (χ1n) is 0. The molecule has 0 aromatic rings. The molecule has 1 heteroatoms. The summed E-state index contributed by atoms with van der Waals surface area (Å²) in [7, 11) is 0. The van der Waals surface area contributed by atoms with Gasteiger partial charge in [0.05, 0.1) is 0 Å². The van der Waals surface area contributed by atoms with Crippen LogP contribution in [0.3, 0.4) is 0 Å². The summed E-state index contributed by atoms with van der Waals surface area (Å²) in [5.74, 6) is 0. The van der Waals surface area contributed by atoms with Crippen molar-refractivity contribution in [2.24, 2.45) is 0 Å². The highest BCUT2D eigenvalue weighted by Gasteiger charge is -0.0755. The molecule has 0 atom stereocenters. The van der Waals surface area contributed by atoms with Crippen LogP contribution in [0.15, 0.2) is 0 Å². The van der Waals surface area contributed by atoms with Crippen LogP contribution in [-0.4, -0.2) is 0 Å². The summed E-state index contributed by atoms with van der Waals surface area (Å²) in [4.78, 5) is 0. The van der Waals surface area contributed by atoms with Gasteiger partial charge in [-0.1, -0.05) is 22.3 Å². The third-order valence-corrected chi connectivity index (χ3v) is 0. The fourth-order valence-corrected chi connectivity index (χ4v) is 0. The topological polar surface area (TPSA) is 35.0 Å². The van der Waals surface area contributed by atoms with Gasteiger partial charge in [0.25, 0.3) is 0 Å². The molecule has 0 aliphatic carbocycles. The van der Waals surface area contributed by atoms with Crippen LogP contribution in [0.2, 0.25) is 0 Å². The van der Waals surface area contributed by atoms with Gasteiger partial charge in [0.15, 0.2) is 0 Å². The van der Waals surface area contributed by atoms with Gasteiger partial charge >= 0.3 is 0 Å². The molecule has 0 bridgehead atoms. The van der Waals surface area contributed by atoms with E-state index in [1.54, 1.807) is 0 Å². The zero-order valence-corrected chi connectivity index (χ0v) is 0.707. The molecule has 0 saturated carbocycles. The molecule has 0 rings (SSSR count). The van der Waals surface area contributed by atoms with Gasteiger partial charge in [0.2, 0.25) is 0 Å². The van der Waals surface area contributed by atoms with Crippen molar-refractivity contribution in [2.75, 3.05) is 0 Å². The van der Waals surface area contributed by atoms with Crippen molar-refractivity contribution in [3.05, 3.63) is 0 Å². The molecule has 0 heterocycles. The molecule has 0 aliphatic rings. The minimum Gasteiger partial charge on any atom is -0.344 e. The Labute approximate surface area is 32.6 Å². The first-order chi connectivity index (χ1) is 0. The molecule has 0 aromatic carbocycles. The molecule has 4 heavy (non-hydrogen) atoms. The highest BCUT2D eigenvalue weighted by molar-refractivity contribution is 2.51. The van der Waals surface area contributed by atoms with E-state index in [0.29, 0.717) is 0 Å². The van der Waals surface area contributed by atoms with E-state index in [1.165, 1.54) is 0 Å². The van der Waals surface area contributed by atoms with Gasteiger partial charge in [-0.2, -0.15) is 0 Å². The first-order valence-corrected chi connectivity index (χ1v) is 0. The van der Waals surface area contributed by atoms with Crippen molar-refractivity contribution >= 4 is 0 Å². The summed E-state index contributed by atoms with van der Waals surface area (Å²) >= 11 is 0. The second kappa shape index (κ2) is 7110. The molecule has 0 aliphatic heterocycles. The molecule has 36 valence electrons. The maximum Gasteiger partial charge on any atom is 0 e. The van der Waals surface area contributed by atoms with Crippen LogP contribution in [-0.2, 0) is 0 Å². The number of rotatable bonds is 0. The molecule has 0 unspecified atom stereocenters. The lowest BCUT2D eigenvalue weighted by Crippen LogP contribution is -0.481. The van der Waals surface area contributed by atoms with Gasteiger partial charge in [-0.15, -0.1) is 0 Å². The monoisotopic (exact) mass is 71.2 g/mol. The summed E-state index contributed by atoms with van der Waals surface area (Å²) in [6.07, 6.45) is 0. The molecule has 0 fully saturated rings. The average Bonchev–Trinajstić information content (AvgIpc) is 0. The molecule has 1 nitrogen and oxygen atoms in total. The summed E-state index contributed by atoms with van der Waals surface area (Å²) < 4.78 is 0. The number of hydrogen-bond donors (Lipinski definition) is 1.